The number of amides is 1. The van der Waals surface area contributed by atoms with Crippen LogP contribution in [0.3, 0.4) is 0 Å². The van der Waals surface area contributed by atoms with Crippen molar-refractivity contribution in [2.45, 2.75) is 32.9 Å². The Kier molecular flexibility index (Phi) is 7.95. The number of carbonyl (C=O) groups is 1. The molecule has 0 aliphatic heterocycles. The van der Waals surface area contributed by atoms with E-state index in [1.165, 1.54) is 0 Å². The third-order valence-electron chi connectivity index (χ3n) is 4.09. The first-order valence-electron chi connectivity index (χ1n) is 9.03. The van der Waals surface area contributed by atoms with Gasteiger partial charge in [0.2, 0.25) is 5.91 Å². The highest BCUT2D eigenvalue weighted by atomic mass is 16.5. The minimum absolute atomic E-state index is 0.00364. The van der Waals surface area contributed by atoms with E-state index in [0.717, 1.165) is 11.3 Å². The molecule has 1 unspecified atom stereocenters. The van der Waals surface area contributed by atoms with Gasteiger partial charge in [0.05, 0.1) is 26.5 Å². The van der Waals surface area contributed by atoms with Gasteiger partial charge in [-0.2, -0.15) is 0 Å². The maximum absolute atomic E-state index is 12.4. The van der Waals surface area contributed by atoms with E-state index in [9.17, 15) is 4.79 Å². The van der Waals surface area contributed by atoms with Gasteiger partial charge in [-0.25, -0.2) is 0 Å². The number of rotatable bonds is 10. The van der Waals surface area contributed by atoms with E-state index in [1.54, 1.807) is 32.4 Å². The summed E-state index contributed by atoms with van der Waals surface area (Å²) in [6.07, 6.45) is 0.339. The summed E-state index contributed by atoms with van der Waals surface area (Å²) in [6.45, 7) is 5.20. The van der Waals surface area contributed by atoms with Gasteiger partial charge in [-0.05, 0) is 32.0 Å². The number of benzene rings is 2. The standard InChI is InChI=1S/C21H28N2O4/c1-5-27-19-9-7-6-8-16(19)14-22-15(2)12-21(24)23-18-11-10-17(25-3)13-20(18)26-4/h6-11,13,15,22H,5,12,14H2,1-4H3,(H,23,24). The third kappa shape index (κ3) is 6.18. The molecule has 146 valence electrons. The number of para-hydroxylation sites is 1. The molecule has 0 aliphatic rings. The van der Waals surface area contributed by atoms with Crippen LogP contribution in [-0.2, 0) is 11.3 Å². The van der Waals surface area contributed by atoms with E-state index in [0.29, 0.717) is 36.8 Å². The van der Waals surface area contributed by atoms with Gasteiger partial charge < -0.3 is 24.8 Å². The molecule has 0 aliphatic carbocycles. The molecule has 6 nitrogen and oxygen atoms in total. The minimum atomic E-state index is -0.0865. The number of methoxy groups -OCH3 is 2. The van der Waals surface area contributed by atoms with Crippen LogP contribution in [0.1, 0.15) is 25.8 Å². The lowest BCUT2D eigenvalue weighted by Crippen LogP contribution is -2.30. The summed E-state index contributed by atoms with van der Waals surface area (Å²) in [5.41, 5.74) is 1.70. The van der Waals surface area contributed by atoms with Gasteiger partial charge in [0.25, 0.3) is 0 Å². The highest BCUT2D eigenvalue weighted by Gasteiger charge is 2.13. The summed E-state index contributed by atoms with van der Waals surface area (Å²) < 4.78 is 16.1. The second kappa shape index (κ2) is 10.4. The van der Waals surface area contributed by atoms with Crippen molar-refractivity contribution in [3.63, 3.8) is 0 Å². The number of carbonyl (C=O) groups excluding carboxylic acids is 1. The van der Waals surface area contributed by atoms with Gasteiger partial charge in [0, 0.05) is 30.6 Å². The molecule has 0 bridgehead atoms. The smallest absolute Gasteiger partial charge is 0.226 e. The zero-order chi connectivity index (χ0) is 19.6. The van der Waals surface area contributed by atoms with Gasteiger partial charge in [0.15, 0.2) is 0 Å². The summed E-state index contributed by atoms with van der Waals surface area (Å²) in [7, 11) is 3.15. The zero-order valence-corrected chi connectivity index (χ0v) is 16.4. The maximum atomic E-state index is 12.4. The molecule has 0 saturated carbocycles. The Hall–Kier alpha value is -2.73. The van der Waals surface area contributed by atoms with E-state index < -0.39 is 0 Å². The first-order chi connectivity index (χ1) is 13.1. The van der Waals surface area contributed by atoms with Crippen molar-refractivity contribution in [2.75, 3.05) is 26.1 Å². The predicted octanol–water partition coefficient (Wildman–Crippen LogP) is 3.61. The van der Waals surface area contributed by atoms with Gasteiger partial charge in [-0.3, -0.25) is 4.79 Å². The van der Waals surface area contributed by atoms with Gasteiger partial charge in [-0.15, -0.1) is 0 Å². The second-order valence-electron chi connectivity index (χ2n) is 6.14. The molecule has 0 spiro atoms. The van der Waals surface area contributed by atoms with Gasteiger partial charge in [0.1, 0.15) is 17.2 Å². The number of ether oxygens (including phenoxy) is 3. The van der Waals surface area contributed by atoms with Crippen molar-refractivity contribution in [3.05, 3.63) is 48.0 Å². The van der Waals surface area contributed by atoms with E-state index in [4.69, 9.17) is 14.2 Å². The minimum Gasteiger partial charge on any atom is -0.497 e. The summed E-state index contributed by atoms with van der Waals surface area (Å²) in [5, 5.41) is 6.26. The van der Waals surface area contributed by atoms with Crippen molar-refractivity contribution in [2.24, 2.45) is 0 Å². The van der Waals surface area contributed by atoms with Crippen molar-refractivity contribution in [1.82, 2.24) is 5.32 Å². The Bertz CT molecular complexity index is 749. The van der Waals surface area contributed by atoms with Crippen molar-refractivity contribution in [1.29, 1.82) is 0 Å². The van der Waals surface area contributed by atoms with Crippen LogP contribution in [0.2, 0.25) is 0 Å². The molecule has 0 saturated heterocycles. The summed E-state index contributed by atoms with van der Waals surface area (Å²) in [4.78, 5) is 12.4. The molecule has 2 aromatic carbocycles. The van der Waals surface area contributed by atoms with Crippen LogP contribution in [0, 0.1) is 0 Å². The summed E-state index contributed by atoms with van der Waals surface area (Å²) in [5.74, 6) is 2.02. The van der Waals surface area contributed by atoms with Crippen molar-refractivity contribution >= 4 is 11.6 Å². The Labute approximate surface area is 160 Å². The molecule has 1 amide bonds. The van der Waals surface area contributed by atoms with Crippen LogP contribution in [0.5, 0.6) is 17.2 Å². The van der Waals surface area contributed by atoms with Crippen LogP contribution >= 0.6 is 0 Å². The third-order valence-corrected chi connectivity index (χ3v) is 4.09. The first kappa shape index (κ1) is 20.6. The summed E-state index contributed by atoms with van der Waals surface area (Å²) >= 11 is 0. The number of hydrogen-bond donors (Lipinski definition) is 2. The van der Waals surface area contributed by atoms with E-state index in [-0.39, 0.29) is 11.9 Å². The number of nitrogens with one attached hydrogen (secondary N) is 2. The van der Waals surface area contributed by atoms with Crippen LogP contribution in [-0.4, -0.2) is 32.8 Å². The molecule has 0 heterocycles. The molecule has 2 aromatic rings. The zero-order valence-electron chi connectivity index (χ0n) is 16.4. The molecule has 0 aromatic heterocycles. The predicted molar refractivity (Wildman–Crippen MR) is 107 cm³/mol. The Morgan fingerprint density at radius 1 is 1.07 bits per heavy atom. The van der Waals surface area contributed by atoms with E-state index in [1.807, 2.05) is 38.1 Å². The highest BCUT2D eigenvalue weighted by Crippen LogP contribution is 2.29. The van der Waals surface area contributed by atoms with Gasteiger partial charge >= 0.3 is 0 Å². The van der Waals surface area contributed by atoms with Crippen LogP contribution in [0.4, 0.5) is 5.69 Å². The van der Waals surface area contributed by atoms with E-state index >= 15 is 0 Å². The Morgan fingerprint density at radius 3 is 2.56 bits per heavy atom. The molecule has 2 rings (SSSR count). The largest absolute Gasteiger partial charge is 0.497 e. The Morgan fingerprint density at radius 2 is 1.85 bits per heavy atom. The maximum Gasteiger partial charge on any atom is 0.226 e. The van der Waals surface area contributed by atoms with Gasteiger partial charge in [-0.1, -0.05) is 18.2 Å². The van der Waals surface area contributed by atoms with Crippen LogP contribution < -0.4 is 24.8 Å². The van der Waals surface area contributed by atoms with Crippen molar-refractivity contribution in [3.8, 4) is 17.2 Å². The number of anilines is 1. The fourth-order valence-corrected chi connectivity index (χ4v) is 2.68. The fourth-order valence-electron chi connectivity index (χ4n) is 2.68. The molecule has 27 heavy (non-hydrogen) atoms. The van der Waals surface area contributed by atoms with Crippen LogP contribution in [0.15, 0.2) is 42.5 Å². The topological polar surface area (TPSA) is 68.8 Å². The van der Waals surface area contributed by atoms with E-state index in [2.05, 4.69) is 10.6 Å². The van der Waals surface area contributed by atoms with Crippen LogP contribution in [0.25, 0.3) is 0 Å². The SMILES string of the molecule is CCOc1ccccc1CNC(C)CC(=O)Nc1ccc(OC)cc1OC. The quantitative estimate of drug-likeness (QED) is 0.667. The van der Waals surface area contributed by atoms with Crippen molar-refractivity contribution < 1.29 is 19.0 Å². The average Bonchev–Trinajstić information content (AvgIpc) is 2.67. The fraction of sp³-hybridized carbons (Fsp3) is 0.381. The lowest BCUT2D eigenvalue weighted by atomic mass is 10.1. The molecular weight excluding hydrogens is 344 g/mol. The molecular formula is C21H28N2O4. The molecule has 0 radical (unpaired) electrons. The molecule has 6 heteroatoms. The highest BCUT2D eigenvalue weighted by molar-refractivity contribution is 5.92. The normalized spacial score (nSPS) is 11.6. The molecule has 2 N–H and O–H groups in total. The lowest BCUT2D eigenvalue weighted by molar-refractivity contribution is -0.116. The second-order valence-corrected chi connectivity index (χ2v) is 6.14. The lowest BCUT2D eigenvalue weighted by Gasteiger charge is -2.16. The summed E-state index contributed by atoms with van der Waals surface area (Å²) in [6, 6.07) is 13.2. The molecule has 1 atom stereocenters. The number of hydrogen-bond acceptors (Lipinski definition) is 5. The molecule has 0 fully saturated rings. The average molecular weight is 372 g/mol. The monoisotopic (exact) mass is 372 g/mol. The first-order valence-corrected chi connectivity index (χ1v) is 9.03. The Balaban J connectivity index is 1.89.